The van der Waals surface area contributed by atoms with Gasteiger partial charge in [0.2, 0.25) is 0 Å². The second kappa shape index (κ2) is 5.74. The Morgan fingerprint density at radius 1 is 1.12 bits per heavy atom. The highest BCUT2D eigenvalue weighted by Gasteiger charge is 2.28. The van der Waals surface area contributed by atoms with Crippen LogP contribution in [0.15, 0.2) is 0 Å². The van der Waals surface area contributed by atoms with Gasteiger partial charge in [0, 0.05) is 23.4 Å². The van der Waals surface area contributed by atoms with Crippen molar-refractivity contribution in [2.75, 3.05) is 19.8 Å². The van der Waals surface area contributed by atoms with Crippen molar-refractivity contribution < 1.29 is 0 Å². The van der Waals surface area contributed by atoms with Crippen LogP contribution in [0.3, 0.4) is 0 Å². The number of nitrogens with zero attached hydrogens (tertiary/aromatic N) is 1. The van der Waals surface area contributed by atoms with Gasteiger partial charge < -0.3 is 10.2 Å². The van der Waals surface area contributed by atoms with E-state index in [-0.39, 0.29) is 0 Å². The maximum absolute atomic E-state index is 3.89. The van der Waals surface area contributed by atoms with Crippen molar-refractivity contribution >= 4 is 11.8 Å². The van der Waals surface area contributed by atoms with Crippen LogP contribution < -0.4 is 5.32 Å². The van der Waals surface area contributed by atoms with Crippen LogP contribution in [0.1, 0.15) is 39.0 Å². The molecule has 1 N–H and O–H groups in total. The van der Waals surface area contributed by atoms with Crippen molar-refractivity contribution in [1.82, 2.24) is 10.2 Å². The van der Waals surface area contributed by atoms with Gasteiger partial charge in [0.25, 0.3) is 0 Å². The van der Waals surface area contributed by atoms with Crippen LogP contribution >= 0.6 is 11.8 Å². The van der Waals surface area contributed by atoms with Crippen LogP contribution in [0.5, 0.6) is 0 Å². The lowest BCUT2D eigenvalue weighted by Crippen LogP contribution is -2.48. The lowest BCUT2D eigenvalue weighted by Gasteiger charge is -2.36. The number of piperidine rings is 1. The smallest absolute Gasteiger partial charge is 0.00966 e. The number of hydrogen-bond donors (Lipinski definition) is 1. The molecule has 1 saturated carbocycles. The van der Waals surface area contributed by atoms with E-state index in [0.29, 0.717) is 0 Å². The number of nitrogens with one attached hydrogen (secondary N) is 1. The third-order valence-electron chi connectivity index (χ3n) is 4.40. The van der Waals surface area contributed by atoms with Gasteiger partial charge in [0.05, 0.1) is 0 Å². The van der Waals surface area contributed by atoms with Crippen LogP contribution in [-0.2, 0) is 0 Å². The molecule has 1 aliphatic carbocycles. The minimum Gasteiger partial charge on any atom is -0.311 e. The van der Waals surface area contributed by atoms with E-state index in [2.05, 4.69) is 42.2 Å². The Morgan fingerprint density at radius 3 is 2.50 bits per heavy atom. The van der Waals surface area contributed by atoms with E-state index in [1.165, 1.54) is 38.6 Å². The fourth-order valence-corrected chi connectivity index (χ4v) is 3.88. The summed E-state index contributed by atoms with van der Waals surface area (Å²) in [6.07, 6.45) is 9.12. The highest BCUT2D eigenvalue weighted by Crippen LogP contribution is 2.29. The quantitative estimate of drug-likeness (QED) is 0.818. The highest BCUT2D eigenvalue weighted by atomic mass is 32.2. The van der Waals surface area contributed by atoms with E-state index in [4.69, 9.17) is 0 Å². The molecule has 4 unspecified atom stereocenters. The molecule has 2 rings (SSSR count). The van der Waals surface area contributed by atoms with E-state index in [1.54, 1.807) is 0 Å². The molecule has 2 fully saturated rings. The molecule has 0 aromatic rings. The fraction of sp³-hybridized carbons (Fsp3) is 1.00. The van der Waals surface area contributed by atoms with Crippen LogP contribution in [0.4, 0.5) is 0 Å². The minimum absolute atomic E-state index is 0.754. The van der Waals surface area contributed by atoms with Gasteiger partial charge in [0.15, 0.2) is 0 Å². The molecule has 0 spiro atoms. The first-order chi connectivity index (χ1) is 7.69. The van der Waals surface area contributed by atoms with Gasteiger partial charge >= 0.3 is 0 Å². The Balaban J connectivity index is 1.74. The summed E-state index contributed by atoms with van der Waals surface area (Å²) in [7, 11) is 2.25. The Morgan fingerprint density at radius 2 is 1.88 bits per heavy atom. The zero-order valence-corrected chi connectivity index (χ0v) is 11.7. The molecule has 94 valence electrons. The number of hydrogen-bond acceptors (Lipinski definition) is 3. The third-order valence-corrected chi connectivity index (χ3v) is 5.49. The number of likely N-dealkylation sites (tertiary alicyclic amines) is 1. The summed E-state index contributed by atoms with van der Waals surface area (Å²) in [5.41, 5.74) is 0. The molecule has 0 aromatic heterocycles. The molecule has 3 heteroatoms. The van der Waals surface area contributed by atoms with E-state index in [9.17, 15) is 0 Å². The lowest BCUT2D eigenvalue weighted by molar-refractivity contribution is 0.162. The second-order valence-electron chi connectivity index (χ2n) is 5.59. The first-order valence-electron chi connectivity index (χ1n) is 6.68. The van der Waals surface area contributed by atoms with Crippen molar-refractivity contribution in [3.63, 3.8) is 0 Å². The van der Waals surface area contributed by atoms with Crippen LogP contribution in [0.2, 0.25) is 0 Å². The number of rotatable bonds is 3. The number of thioether (sulfide) groups is 1. The monoisotopic (exact) mass is 242 g/mol. The highest BCUT2D eigenvalue weighted by molar-refractivity contribution is 7.99. The molecule has 1 saturated heterocycles. The Hall–Kier alpha value is 0.270. The molecule has 2 nitrogen and oxygen atoms in total. The summed E-state index contributed by atoms with van der Waals surface area (Å²) >= 11 is 2.05. The average molecular weight is 242 g/mol. The molecule has 2 aliphatic rings. The molecular weight excluding hydrogens is 216 g/mol. The first-order valence-corrected chi connectivity index (χ1v) is 7.97. The topological polar surface area (TPSA) is 15.3 Å². The van der Waals surface area contributed by atoms with Gasteiger partial charge in [-0.25, -0.2) is 0 Å². The summed E-state index contributed by atoms with van der Waals surface area (Å²) in [6.45, 7) is 3.62. The summed E-state index contributed by atoms with van der Waals surface area (Å²) in [6, 6.07) is 2.33. The Bertz CT molecular complexity index is 222. The molecule has 1 heterocycles. The van der Waals surface area contributed by atoms with E-state index in [1.807, 2.05) is 0 Å². The standard InChI is InChI=1S/C13H26N2S/c1-10-8-12(6-7-15(10)2)14-11-4-5-13(9-11)16-3/h10-14H,4-9H2,1-3H3. The molecular formula is C13H26N2S. The third kappa shape index (κ3) is 3.14. The van der Waals surface area contributed by atoms with Gasteiger partial charge in [-0.2, -0.15) is 11.8 Å². The molecule has 4 atom stereocenters. The van der Waals surface area contributed by atoms with Gasteiger partial charge in [-0.1, -0.05) is 0 Å². The molecule has 0 bridgehead atoms. The molecule has 0 radical (unpaired) electrons. The van der Waals surface area contributed by atoms with Crippen molar-refractivity contribution in [2.24, 2.45) is 0 Å². The molecule has 1 aliphatic heterocycles. The van der Waals surface area contributed by atoms with E-state index in [0.717, 1.165) is 23.4 Å². The molecule has 0 amide bonds. The normalized spacial score (nSPS) is 41.4. The van der Waals surface area contributed by atoms with Crippen LogP contribution in [-0.4, -0.2) is 48.1 Å². The summed E-state index contributed by atoms with van der Waals surface area (Å²) in [5, 5.41) is 4.81. The van der Waals surface area contributed by atoms with Crippen LogP contribution in [0.25, 0.3) is 0 Å². The van der Waals surface area contributed by atoms with E-state index < -0.39 is 0 Å². The Labute approximate surface area is 105 Å². The van der Waals surface area contributed by atoms with Crippen molar-refractivity contribution in [3.8, 4) is 0 Å². The van der Waals surface area contributed by atoms with Crippen molar-refractivity contribution in [1.29, 1.82) is 0 Å². The average Bonchev–Trinajstić information content (AvgIpc) is 2.71. The zero-order chi connectivity index (χ0) is 11.5. The summed E-state index contributed by atoms with van der Waals surface area (Å²) in [4.78, 5) is 2.48. The molecule has 0 aromatic carbocycles. The summed E-state index contributed by atoms with van der Waals surface area (Å²) in [5.74, 6) is 0. The second-order valence-corrected chi connectivity index (χ2v) is 6.72. The zero-order valence-electron chi connectivity index (χ0n) is 10.9. The van der Waals surface area contributed by atoms with Crippen LogP contribution in [0, 0.1) is 0 Å². The van der Waals surface area contributed by atoms with Gasteiger partial charge in [-0.05, 0) is 58.9 Å². The molecule has 16 heavy (non-hydrogen) atoms. The maximum Gasteiger partial charge on any atom is 0.00966 e. The lowest BCUT2D eigenvalue weighted by atomic mass is 9.98. The summed E-state index contributed by atoms with van der Waals surface area (Å²) < 4.78 is 0. The largest absolute Gasteiger partial charge is 0.311 e. The minimum atomic E-state index is 0.754. The van der Waals surface area contributed by atoms with Gasteiger partial charge in [0.1, 0.15) is 0 Å². The fourth-order valence-electron chi connectivity index (χ4n) is 3.08. The van der Waals surface area contributed by atoms with Crippen molar-refractivity contribution in [3.05, 3.63) is 0 Å². The predicted octanol–water partition coefficient (Wildman–Crippen LogP) is 2.34. The first kappa shape index (κ1) is 12.7. The maximum atomic E-state index is 3.89. The SMILES string of the molecule is CSC1CCC(NC2CCN(C)C(C)C2)C1. The van der Waals surface area contributed by atoms with Gasteiger partial charge in [-0.15, -0.1) is 0 Å². The predicted molar refractivity (Wildman–Crippen MR) is 73.2 cm³/mol. The Kier molecular flexibility index (Phi) is 4.57. The van der Waals surface area contributed by atoms with Crippen molar-refractivity contribution in [2.45, 2.75) is 62.4 Å². The van der Waals surface area contributed by atoms with Gasteiger partial charge in [-0.3, -0.25) is 0 Å². The van der Waals surface area contributed by atoms with E-state index >= 15 is 0 Å².